The number of thioether (sulfide) groups is 1. The molecule has 5 nitrogen and oxygen atoms in total. The predicted octanol–water partition coefficient (Wildman–Crippen LogP) is 4.49. The molecule has 29 heavy (non-hydrogen) atoms. The number of nitrogens with zero attached hydrogens (tertiary/aromatic N) is 1. The lowest BCUT2D eigenvalue weighted by atomic mass is 9.49. The van der Waals surface area contributed by atoms with Crippen molar-refractivity contribution < 1.29 is 14.7 Å². The Balaban J connectivity index is 1.33. The molecule has 2 amide bonds. The number of phenols is 1. The number of hydrogen-bond acceptors (Lipinski definition) is 5. The summed E-state index contributed by atoms with van der Waals surface area (Å²) in [6, 6.07) is 4.73. The van der Waals surface area contributed by atoms with Gasteiger partial charge in [-0.3, -0.25) is 15.0 Å². The van der Waals surface area contributed by atoms with Gasteiger partial charge < -0.3 is 5.11 Å². The Bertz CT molecular complexity index is 926. The monoisotopic (exact) mass is 448 g/mol. The summed E-state index contributed by atoms with van der Waals surface area (Å²) >= 11 is 12.5. The first kappa shape index (κ1) is 19.4. The van der Waals surface area contributed by atoms with E-state index in [0.717, 1.165) is 31.0 Å². The van der Waals surface area contributed by atoms with Crippen LogP contribution in [0.15, 0.2) is 23.1 Å². The zero-order chi connectivity index (χ0) is 20.3. The molecule has 152 valence electrons. The van der Waals surface area contributed by atoms with Crippen LogP contribution in [0.2, 0.25) is 5.02 Å². The lowest BCUT2D eigenvalue weighted by Gasteiger charge is -2.55. The molecule has 1 aromatic rings. The van der Waals surface area contributed by atoms with Crippen LogP contribution >= 0.6 is 35.6 Å². The second-order valence-corrected chi connectivity index (χ2v) is 10.9. The molecular weight excluding hydrogens is 428 g/mol. The molecule has 1 saturated heterocycles. The lowest BCUT2D eigenvalue weighted by molar-refractivity contribution is -0.152. The molecule has 1 heterocycles. The van der Waals surface area contributed by atoms with Gasteiger partial charge in [0.25, 0.3) is 5.91 Å². The van der Waals surface area contributed by atoms with Gasteiger partial charge in [0.05, 0.1) is 15.3 Å². The Morgan fingerprint density at radius 3 is 2.45 bits per heavy atom. The molecular formula is C21H21ClN2O3S2. The van der Waals surface area contributed by atoms with Crippen molar-refractivity contribution in [3.63, 3.8) is 0 Å². The zero-order valence-electron chi connectivity index (χ0n) is 15.7. The van der Waals surface area contributed by atoms with Gasteiger partial charge in [0.1, 0.15) is 5.75 Å². The molecule has 5 aliphatic rings. The normalized spacial score (nSPS) is 34.3. The van der Waals surface area contributed by atoms with Crippen molar-refractivity contribution in [3.05, 3.63) is 33.7 Å². The van der Waals surface area contributed by atoms with Crippen molar-refractivity contribution in [2.45, 2.75) is 38.5 Å². The van der Waals surface area contributed by atoms with Crippen molar-refractivity contribution in [1.82, 2.24) is 10.4 Å². The van der Waals surface area contributed by atoms with Gasteiger partial charge in [-0.1, -0.05) is 29.4 Å². The van der Waals surface area contributed by atoms with E-state index >= 15 is 0 Å². The SMILES string of the molecule is O=C1/C(=C\c2ccc(O)c(Cl)c2)SC(=S)N1NC(=O)C12CC3CC(CC(C3)C1)C2. The van der Waals surface area contributed by atoms with Crippen LogP contribution in [0.4, 0.5) is 0 Å². The maximum Gasteiger partial charge on any atom is 0.285 e. The summed E-state index contributed by atoms with van der Waals surface area (Å²) in [5.41, 5.74) is 3.19. The zero-order valence-corrected chi connectivity index (χ0v) is 18.1. The smallest absolute Gasteiger partial charge is 0.285 e. The highest BCUT2D eigenvalue weighted by Gasteiger charge is 2.55. The third-order valence-corrected chi connectivity index (χ3v) is 8.40. The minimum absolute atomic E-state index is 0.0146. The molecule has 0 aromatic heterocycles. The Hall–Kier alpha value is -1.57. The molecule has 5 fully saturated rings. The number of phenolic OH excluding ortho intramolecular Hbond substituents is 1. The van der Waals surface area contributed by atoms with E-state index in [1.165, 1.54) is 30.3 Å². The van der Waals surface area contributed by atoms with Gasteiger partial charge in [0, 0.05) is 0 Å². The molecule has 0 spiro atoms. The number of benzene rings is 1. The first-order valence-electron chi connectivity index (χ1n) is 9.90. The van der Waals surface area contributed by atoms with E-state index in [9.17, 15) is 14.7 Å². The van der Waals surface area contributed by atoms with Crippen LogP contribution in [0.1, 0.15) is 44.1 Å². The molecule has 4 aliphatic carbocycles. The highest BCUT2D eigenvalue weighted by atomic mass is 35.5. The number of halogens is 1. The Morgan fingerprint density at radius 2 is 1.86 bits per heavy atom. The number of aromatic hydroxyl groups is 1. The van der Waals surface area contributed by atoms with Gasteiger partial charge in [-0.25, -0.2) is 0 Å². The predicted molar refractivity (Wildman–Crippen MR) is 117 cm³/mol. The van der Waals surface area contributed by atoms with Crippen LogP contribution in [-0.2, 0) is 9.59 Å². The molecule has 0 atom stereocenters. The second kappa shape index (κ2) is 7.00. The van der Waals surface area contributed by atoms with Crippen molar-refractivity contribution in [2.75, 3.05) is 0 Å². The fourth-order valence-corrected chi connectivity index (χ4v) is 7.31. The van der Waals surface area contributed by atoms with Gasteiger partial charge in [-0.15, -0.1) is 0 Å². The minimum Gasteiger partial charge on any atom is -0.506 e. The highest BCUT2D eigenvalue weighted by molar-refractivity contribution is 8.26. The summed E-state index contributed by atoms with van der Waals surface area (Å²) in [5.74, 6) is 1.55. The van der Waals surface area contributed by atoms with Crippen LogP contribution in [0.25, 0.3) is 6.08 Å². The lowest BCUT2D eigenvalue weighted by Crippen LogP contribution is -2.57. The fourth-order valence-electron chi connectivity index (χ4n) is 5.94. The van der Waals surface area contributed by atoms with Crippen LogP contribution in [0, 0.1) is 23.2 Å². The molecule has 4 bridgehead atoms. The Labute approximate surface area is 183 Å². The third-order valence-electron chi connectivity index (χ3n) is 6.80. The van der Waals surface area contributed by atoms with Gasteiger partial charge in [-0.05, 0) is 92.3 Å². The van der Waals surface area contributed by atoms with Gasteiger partial charge in [0.15, 0.2) is 4.32 Å². The molecule has 6 rings (SSSR count). The topological polar surface area (TPSA) is 69.6 Å². The summed E-state index contributed by atoms with van der Waals surface area (Å²) in [5, 5.41) is 11.0. The van der Waals surface area contributed by atoms with Crippen molar-refractivity contribution in [2.24, 2.45) is 23.2 Å². The van der Waals surface area contributed by atoms with E-state index in [2.05, 4.69) is 5.43 Å². The van der Waals surface area contributed by atoms with E-state index in [-0.39, 0.29) is 28.0 Å². The Morgan fingerprint density at radius 1 is 1.24 bits per heavy atom. The van der Waals surface area contributed by atoms with E-state index in [4.69, 9.17) is 23.8 Å². The number of carbonyl (C=O) groups excluding carboxylic acids is 2. The number of thiocarbonyl (C=S) groups is 1. The highest BCUT2D eigenvalue weighted by Crippen LogP contribution is 2.60. The van der Waals surface area contributed by atoms with Crippen LogP contribution in [0.3, 0.4) is 0 Å². The first-order valence-corrected chi connectivity index (χ1v) is 11.5. The van der Waals surface area contributed by atoms with Crippen LogP contribution in [0.5, 0.6) is 5.75 Å². The molecule has 8 heteroatoms. The fraction of sp³-hybridized carbons (Fsp3) is 0.476. The number of rotatable bonds is 3. The van der Waals surface area contributed by atoms with Crippen LogP contribution < -0.4 is 5.43 Å². The van der Waals surface area contributed by atoms with Crippen molar-refractivity contribution >= 4 is 57.8 Å². The molecule has 4 saturated carbocycles. The number of hydrogen-bond donors (Lipinski definition) is 2. The molecule has 1 aromatic carbocycles. The number of nitrogens with one attached hydrogen (secondary N) is 1. The number of amides is 2. The summed E-state index contributed by atoms with van der Waals surface area (Å²) < 4.78 is 0.323. The van der Waals surface area contributed by atoms with Crippen molar-refractivity contribution in [3.8, 4) is 5.75 Å². The third kappa shape index (κ3) is 3.37. The molecule has 0 unspecified atom stereocenters. The van der Waals surface area contributed by atoms with Gasteiger partial charge >= 0.3 is 0 Å². The summed E-state index contributed by atoms with van der Waals surface area (Å²) in [4.78, 5) is 26.6. The van der Waals surface area contributed by atoms with E-state index in [1.54, 1.807) is 18.2 Å². The van der Waals surface area contributed by atoms with Gasteiger partial charge in [-0.2, -0.15) is 5.01 Å². The van der Waals surface area contributed by atoms with Gasteiger partial charge in [0.2, 0.25) is 5.91 Å². The summed E-state index contributed by atoms with van der Waals surface area (Å²) in [7, 11) is 0. The molecule has 0 radical (unpaired) electrons. The van der Waals surface area contributed by atoms with E-state index in [0.29, 0.717) is 32.5 Å². The summed E-state index contributed by atoms with van der Waals surface area (Å²) in [6.07, 6.45) is 8.23. The number of carbonyl (C=O) groups is 2. The van der Waals surface area contributed by atoms with Crippen molar-refractivity contribution in [1.29, 1.82) is 0 Å². The molecule has 1 aliphatic heterocycles. The maximum absolute atomic E-state index is 13.3. The average molecular weight is 449 g/mol. The largest absolute Gasteiger partial charge is 0.506 e. The summed E-state index contributed by atoms with van der Waals surface area (Å²) in [6.45, 7) is 0. The van der Waals surface area contributed by atoms with E-state index < -0.39 is 0 Å². The molecule has 2 N–H and O–H groups in total. The average Bonchev–Trinajstić information content (AvgIpc) is 2.91. The maximum atomic E-state index is 13.3. The first-order chi connectivity index (χ1) is 13.8. The second-order valence-electron chi connectivity index (χ2n) is 8.87. The number of hydrazine groups is 1. The minimum atomic E-state index is -0.341. The van der Waals surface area contributed by atoms with Crippen LogP contribution in [-0.4, -0.2) is 26.3 Å². The van der Waals surface area contributed by atoms with E-state index in [1.807, 2.05) is 0 Å². The standard InChI is InChI=1S/C21H21ClN2O3S2/c22-15-6-11(1-2-16(15)25)7-17-18(26)24(20(28)29-17)23-19(27)21-8-12-3-13(9-21)5-14(4-12)10-21/h1-2,6-7,12-14,25H,3-5,8-10H2,(H,23,27)/b17-7+. The quantitative estimate of drug-likeness (QED) is 0.526. The Kier molecular flexibility index (Phi) is 4.68.